The highest BCUT2D eigenvalue weighted by Gasteiger charge is 2.48. The van der Waals surface area contributed by atoms with Gasteiger partial charge in [-0.1, -0.05) is 24.3 Å². The minimum atomic E-state index is 0.199. The van der Waals surface area contributed by atoms with E-state index in [1.54, 1.807) is 6.92 Å². The fourth-order valence-electron chi connectivity index (χ4n) is 5.64. The molecule has 3 aliphatic heterocycles. The average Bonchev–Trinajstić information content (AvgIpc) is 3.31. The van der Waals surface area contributed by atoms with Crippen molar-refractivity contribution in [2.45, 2.75) is 45.9 Å². The van der Waals surface area contributed by atoms with Gasteiger partial charge >= 0.3 is 0 Å². The third-order valence-corrected chi connectivity index (χ3v) is 6.98. The summed E-state index contributed by atoms with van der Waals surface area (Å²) in [6.07, 6.45) is 1.14. The van der Waals surface area contributed by atoms with Gasteiger partial charge in [0.25, 0.3) is 0 Å². The van der Waals surface area contributed by atoms with E-state index in [-0.39, 0.29) is 11.9 Å². The number of likely N-dealkylation sites (tertiary alicyclic amines) is 2. The Kier molecular flexibility index (Phi) is 4.92. The Morgan fingerprint density at radius 2 is 2.10 bits per heavy atom. The van der Waals surface area contributed by atoms with Crippen molar-refractivity contribution < 1.29 is 4.79 Å². The van der Waals surface area contributed by atoms with Crippen LogP contribution in [0, 0.1) is 18.8 Å². The van der Waals surface area contributed by atoms with Crippen LogP contribution in [0.4, 0.5) is 0 Å². The summed E-state index contributed by atoms with van der Waals surface area (Å²) < 4.78 is 2.18. The van der Waals surface area contributed by atoms with Crippen molar-refractivity contribution in [2.24, 2.45) is 11.8 Å². The van der Waals surface area contributed by atoms with E-state index in [1.807, 2.05) is 0 Å². The van der Waals surface area contributed by atoms with Gasteiger partial charge in [0.05, 0.1) is 17.4 Å². The first-order valence-electron chi connectivity index (χ1n) is 10.9. The van der Waals surface area contributed by atoms with Crippen molar-refractivity contribution in [3.63, 3.8) is 0 Å². The van der Waals surface area contributed by atoms with Crippen molar-refractivity contribution in [2.75, 3.05) is 26.2 Å². The number of aromatic nitrogens is 2. The van der Waals surface area contributed by atoms with E-state index < -0.39 is 0 Å². The van der Waals surface area contributed by atoms with Crippen LogP contribution >= 0.6 is 0 Å². The molecule has 1 aromatic carbocycles. The number of hydrogen-bond donors (Lipinski definition) is 1. The monoisotopic (exact) mass is 393 g/mol. The number of amides is 1. The molecule has 3 atom stereocenters. The number of nitrogens with zero attached hydrogens (tertiary/aromatic N) is 4. The van der Waals surface area contributed by atoms with Gasteiger partial charge in [0, 0.05) is 52.1 Å². The maximum Gasteiger partial charge on any atom is 0.219 e. The lowest BCUT2D eigenvalue weighted by Crippen LogP contribution is -2.34. The Labute approximate surface area is 172 Å². The fraction of sp³-hybridized carbons (Fsp3) is 0.565. The van der Waals surface area contributed by atoms with Crippen molar-refractivity contribution in [3.8, 4) is 0 Å². The van der Waals surface area contributed by atoms with E-state index in [9.17, 15) is 4.79 Å². The molecule has 3 aliphatic rings. The maximum absolute atomic E-state index is 12.4. The second-order valence-corrected chi connectivity index (χ2v) is 8.97. The quantitative estimate of drug-likeness (QED) is 0.870. The van der Waals surface area contributed by atoms with Crippen LogP contribution in [0.5, 0.6) is 0 Å². The highest BCUT2D eigenvalue weighted by Crippen LogP contribution is 2.46. The molecular formula is C23H31N5O. The summed E-state index contributed by atoms with van der Waals surface area (Å²) in [7, 11) is 0. The smallest absolute Gasteiger partial charge is 0.219 e. The van der Waals surface area contributed by atoms with Gasteiger partial charge in [-0.25, -0.2) is 0 Å². The van der Waals surface area contributed by atoms with Crippen molar-refractivity contribution >= 4 is 5.91 Å². The summed E-state index contributed by atoms with van der Waals surface area (Å²) in [5.41, 5.74) is 5.09. The summed E-state index contributed by atoms with van der Waals surface area (Å²) in [6, 6.07) is 11.0. The minimum absolute atomic E-state index is 0.199. The van der Waals surface area contributed by atoms with Gasteiger partial charge in [-0.15, -0.1) is 0 Å². The summed E-state index contributed by atoms with van der Waals surface area (Å²) >= 11 is 0. The molecule has 0 radical (unpaired) electrons. The van der Waals surface area contributed by atoms with Crippen LogP contribution < -0.4 is 5.32 Å². The molecule has 0 bridgehead atoms. The first kappa shape index (κ1) is 18.8. The average molecular weight is 394 g/mol. The second-order valence-electron chi connectivity index (χ2n) is 8.97. The molecule has 154 valence electrons. The molecule has 5 rings (SSSR count). The van der Waals surface area contributed by atoms with Gasteiger partial charge in [-0.3, -0.25) is 14.4 Å². The predicted molar refractivity (Wildman–Crippen MR) is 112 cm³/mol. The Bertz CT molecular complexity index is 883. The molecule has 4 heterocycles. The van der Waals surface area contributed by atoms with Gasteiger partial charge in [-0.2, -0.15) is 5.10 Å². The molecule has 0 saturated carbocycles. The van der Waals surface area contributed by atoms with Crippen LogP contribution in [0.1, 0.15) is 41.9 Å². The first-order valence-corrected chi connectivity index (χ1v) is 10.9. The summed E-state index contributed by atoms with van der Waals surface area (Å²) in [4.78, 5) is 17.0. The Balaban J connectivity index is 1.34. The lowest BCUT2D eigenvalue weighted by Gasteiger charge is -2.30. The zero-order valence-corrected chi connectivity index (χ0v) is 17.5. The van der Waals surface area contributed by atoms with Crippen LogP contribution in [-0.2, 0) is 24.4 Å². The van der Waals surface area contributed by atoms with E-state index >= 15 is 0 Å². The molecule has 0 aliphatic carbocycles. The number of fused-ring (bicyclic) bond motifs is 2. The third-order valence-electron chi connectivity index (χ3n) is 6.98. The van der Waals surface area contributed by atoms with Gasteiger partial charge < -0.3 is 10.2 Å². The van der Waals surface area contributed by atoms with E-state index in [4.69, 9.17) is 5.10 Å². The molecule has 1 aromatic heterocycles. The summed E-state index contributed by atoms with van der Waals surface area (Å²) in [5, 5.41) is 8.35. The highest BCUT2D eigenvalue weighted by atomic mass is 16.2. The molecule has 29 heavy (non-hydrogen) atoms. The topological polar surface area (TPSA) is 53.4 Å². The zero-order chi connectivity index (χ0) is 20.0. The molecular weight excluding hydrogens is 362 g/mol. The molecule has 6 nitrogen and oxygen atoms in total. The minimum Gasteiger partial charge on any atom is -0.335 e. The van der Waals surface area contributed by atoms with Crippen LogP contribution in [0.3, 0.4) is 0 Å². The molecule has 1 amide bonds. The van der Waals surface area contributed by atoms with Crippen LogP contribution in [0.25, 0.3) is 0 Å². The van der Waals surface area contributed by atoms with Crippen molar-refractivity contribution in [3.05, 3.63) is 52.8 Å². The Morgan fingerprint density at radius 3 is 2.93 bits per heavy atom. The number of nitrogens with one attached hydrogen (secondary N) is 1. The highest BCUT2D eigenvalue weighted by molar-refractivity contribution is 5.74. The molecule has 1 N–H and O–H groups in total. The lowest BCUT2D eigenvalue weighted by atomic mass is 9.87. The van der Waals surface area contributed by atoms with E-state index in [0.29, 0.717) is 11.8 Å². The maximum atomic E-state index is 12.4. The normalized spacial score (nSPS) is 27.0. The van der Waals surface area contributed by atoms with E-state index in [0.717, 1.165) is 52.2 Å². The number of benzene rings is 1. The molecule has 0 unspecified atom stereocenters. The van der Waals surface area contributed by atoms with Gasteiger partial charge in [0.15, 0.2) is 0 Å². The number of carbonyl (C=O) groups is 1. The van der Waals surface area contributed by atoms with Crippen LogP contribution in [0.2, 0.25) is 0 Å². The SMILES string of the molecule is CC(=O)N1C[C@H]2CN(Cc3cc4n(n3)CCCNC4)C[C@H]2[C@@H]1c1ccccc1C. The lowest BCUT2D eigenvalue weighted by molar-refractivity contribution is -0.130. The second kappa shape index (κ2) is 7.58. The Hall–Kier alpha value is -2.18. The predicted octanol–water partition coefficient (Wildman–Crippen LogP) is 2.34. The fourth-order valence-corrected chi connectivity index (χ4v) is 5.64. The van der Waals surface area contributed by atoms with Crippen LogP contribution in [-0.4, -0.2) is 51.7 Å². The van der Waals surface area contributed by atoms with Gasteiger partial charge in [-0.05, 0) is 43.0 Å². The molecule has 2 aromatic rings. The summed E-state index contributed by atoms with van der Waals surface area (Å²) in [6.45, 7) is 10.8. The van der Waals surface area contributed by atoms with E-state index in [2.05, 4.69) is 57.1 Å². The molecule has 2 saturated heterocycles. The van der Waals surface area contributed by atoms with E-state index in [1.165, 1.54) is 22.5 Å². The number of aryl methyl sites for hydroxylation is 2. The van der Waals surface area contributed by atoms with Crippen LogP contribution in [0.15, 0.2) is 30.3 Å². The standard InChI is InChI=1S/C23H31N5O/c1-16-6-3-4-7-21(16)23-22-15-26(12-18(22)13-27(23)17(2)29)14-19-10-20-11-24-8-5-9-28(20)25-19/h3-4,6-7,10,18,22-24H,5,8-9,11-15H2,1-2H3/t18-,22-,23+/m1/s1. The van der Waals surface area contributed by atoms with Gasteiger partial charge in [0.1, 0.15) is 0 Å². The molecule has 6 heteroatoms. The zero-order valence-electron chi connectivity index (χ0n) is 17.5. The van der Waals surface area contributed by atoms with Gasteiger partial charge in [0.2, 0.25) is 5.91 Å². The van der Waals surface area contributed by atoms with Crippen molar-refractivity contribution in [1.29, 1.82) is 0 Å². The first-order chi connectivity index (χ1) is 14.1. The summed E-state index contributed by atoms with van der Waals surface area (Å²) in [5.74, 6) is 1.25. The molecule has 0 spiro atoms. The Morgan fingerprint density at radius 1 is 1.24 bits per heavy atom. The molecule has 2 fully saturated rings. The number of hydrogen-bond acceptors (Lipinski definition) is 4. The largest absolute Gasteiger partial charge is 0.335 e. The number of rotatable bonds is 3. The third kappa shape index (κ3) is 3.49. The number of carbonyl (C=O) groups excluding carboxylic acids is 1. The van der Waals surface area contributed by atoms with Crippen molar-refractivity contribution in [1.82, 2.24) is 24.9 Å².